The van der Waals surface area contributed by atoms with Crippen LogP contribution in [0.3, 0.4) is 0 Å². The van der Waals surface area contributed by atoms with E-state index in [9.17, 15) is 10.1 Å². The fourth-order valence-corrected chi connectivity index (χ4v) is 6.21. The number of hydrogen-bond donors (Lipinski definition) is 1. The van der Waals surface area contributed by atoms with Crippen LogP contribution in [0.25, 0.3) is 11.4 Å². The molecule has 0 radical (unpaired) electrons. The van der Waals surface area contributed by atoms with Crippen molar-refractivity contribution in [3.05, 3.63) is 45.8 Å². The number of rotatable bonds is 6. The minimum Gasteiger partial charge on any atom is -0.316 e. The Morgan fingerprint density at radius 3 is 2.81 bits per heavy atom. The minimum atomic E-state index is -0.373. The van der Waals surface area contributed by atoms with Gasteiger partial charge in [0.1, 0.15) is 11.1 Å². The van der Waals surface area contributed by atoms with Gasteiger partial charge in [-0.25, -0.2) is 0 Å². The summed E-state index contributed by atoms with van der Waals surface area (Å²) in [7, 11) is 0. The number of nitrogens with zero attached hydrogens (tertiary/aromatic N) is 4. The van der Waals surface area contributed by atoms with Crippen LogP contribution in [-0.4, -0.2) is 25.9 Å². The Kier molecular flexibility index (Phi) is 6.97. The van der Waals surface area contributed by atoms with E-state index in [0.29, 0.717) is 17.1 Å². The molecule has 1 atom stereocenters. The highest BCUT2D eigenvalue weighted by molar-refractivity contribution is 8.00. The molecule has 0 fully saturated rings. The number of anilines is 1. The van der Waals surface area contributed by atoms with E-state index >= 15 is 0 Å². The number of nitrogens with one attached hydrogen (secondary N) is 1. The molecular weight excluding hydrogens is 438 g/mol. The molecule has 2 heterocycles. The normalized spacial score (nSPS) is 14.3. The van der Waals surface area contributed by atoms with Crippen LogP contribution in [0.5, 0.6) is 0 Å². The largest absolute Gasteiger partial charge is 0.316 e. The van der Waals surface area contributed by atoms with Crippen LogP contribution in [-0.2, 0) is 24.2 Å². The molecule has 1 amide bonds. The van der Waals surface area contributed by atoms with Gasteiger partial charge in [-0.05, 0) is 57.6 Å². The number of hydrogen-bond acceptors (Lipinski definition) is 6. The lowest BCUT2D eigenvalue weighted by molar-refractivity contribution is -0.115. The lowest BCUT2D eigenvalue weighted by Gasteiger charge is -2.13. The summed E-state index contributed by atoms with van der Waals surface area (Å²) in [6, 6.07) is 10.4. The Morgan fingerprint density at radius 1 is 1.28 bits per heavy atom. The highest BCUT2D eigenvalue weighted by Gasteiger charge is 2.25. The molecular formula is C24H27N5OS2. The Morgan fingerprint density at radius 2 is 2.06 bits per heavy atom. The maximum absolute atomic E-state index is 13.0. The molecule has 8 heteroatoms. The topological polar surface area (TPSA) is 83.6 Å². The van der Waals surface area contributed by atoms with Gasteiger partial charge in [0.15, 0.2) is 11.0 Å². The van der Waals surface area contributed by atoms with Crippen molar-refractivity contribution in [1.29, 1.82) is 5.26 Å². The molecule has 1 N–H and O–H groups in total. The summed E-state index contributed by atoms with van der Waals surface area (Å²) in [6.07, 6.45) is 5.37. The molecule has 166 valence electrons. The van der Waals surface area contributed by atoms with Crippen molar-refractivity contribution in [2.24, 2.45) is 0 Å². The first-order chi connectivity index (χ1) is 15.5. The first-order valence-corrected chi connectivity index (χ1v) is 12.7. The number of thiophene rings is 1. The summed E-state index contributed by atoms with van der Waals surface area (Å²) in [4.78, 5) is 14.3. The summed E-state index contributed by atoms with van der Waals surface area (Å²) >= 11 is 2.96. The zero-order valence-electron chi connectivity index (χ0n) is 18.6. The first-order valence-electron chi connectivity index (χ1n) is 11.0. The molecule has 0 saturated carbocycles. The number of carbonyl (C=O) groups is 1. The van der Waals surface area contributed by atoms with Gasteiger partial charge in [0, 0.05) is 17.0 Å². The Bertz CT molecular complexity index is 1170. The van der Waals surface area contributed by atoms with E-state index in [1.54, 1.807) is 11.3 Å². The van der Waals surface area contributed by atoms with Crippen molar-refractivity contribution in [2.75, 3.05) is 5.32 Å². The molecule has 2 aromatic heterocycles. The van der Waals surface area contributed by atoms with E-state index in [1.165, 1.54) is 23.1 Å². The predicted molar refractivity (Wildman–Crippen MR) is 130 cm³/mol. The Labute approximate surface area is 197 Å². The molecule has 1 aromatic carbocycles. The van der Waals surface area contributed by atoms with Crippen molar-refractivity contribution < 1.29 is 4.79 Å². The van der Waals surface area contributed by atoms with Crippen molar-refractivity contribution in [1.82, 2.24) is 14.8 Å². The molecule has 1 aliphatic carbocycles. The molecule has 1 aliphatic rings. The summed E-state index contributed by atoms with van der Waals surface area (Å²) in [5.41, 5.74) is 3.97. The molecule has 0 aliphatic heterocycles. The minimum absolute atomic E-state index is 0.119. The van der Waals surface area contributed by atoms with Crippen molar-refractivity contribution in [2.45, 2.75) is 69.8 Å². The van der Waals surface area contributed by atoms with Gasteiger partial charge in [-0.2, -0.15) is 5.26 Å². The standard InChI is InChI=1S/C24H27N5OS2/c1-4-29-21(17-11-9-8-10-15(17)2)27-28-24(29)31-16(3)22(30)26-23-19(14-25)18-12-6-5-7-13-20(18)32-23/h8-11,16H,4-7,12-13H2,1-3H3,(H,26,30)/t16-/m1/s1. The number of thioether (sulfide) groups is 1. The predicted octanol–water partition coefficient (Wildman–Crippen LogP) is 5.59. The summed E-state index contributed by atoms with van der Waals surface area (Å²) in [5.74, 6) is 0.695. The number of aromatic nitrogens is 3. The lowest BCUT2D eigenvalue weighted by atomic mass is 10.1. The monoisotopic (exact) mass is 465 g/mol. The second kappa shape index (κ2) is 9.88. The van der Waals surface area contributed by atoms with Crippen LogP contribution < -0.4 is 5.32 Å². The van der Waals surface area contributed by atoms with E-state index in [1.807, 2.05) is 29.7 Å². The van der Waals surface area contributed by atoms with E-state index in [4.69, 9.17) is 0 Å². The first kappa shape index (κ1) is 22.6. The van der Waals surface area contributed by atoms with E-state index < -0.39 is 0 Å². The Hall–Kier alpha value is -2.63. The van der Waals surface area contributed by atoms with Gasteiger partial charge in [0.25, 0.3) is 0 Å². The third-order valence-corrected chi connectivity index (χ3v) is 8.13. The number of fused-ring (bicyclic) bond motifs is 1. The van der Waals surface area contributed by atoms with Crippen LogP contribution in [0.2, 0.25) is 0 Å². The maximum Gasteiger partial charge on any atom is 0.238 e. The van der Waals surface area contributed by atoms with Crippen LogP contribution >= 0.6 is 23.1 Å². The Balaban J connectivity index is 1.52. The maximum atomic E-state index is 13.0. The molecule has 0 unspecified atom stereocenters. The number of nitriles is 1. The second-order valence-electron chi connectivity index (χ2n) is 8.00. The molecule has 4 rings (SSSR count). The zero-order valence-corrected chi connectivity index (χ0v) is 20.3. The number of aryl methyl sites for hydroxylation is 2. The fraction of sp³-hybridized carbons (Fsp3) is 0.417. The van der Waals surface area contributed by atoms with Gasteiger partial charge in [-0.15, -0.1) is 21.5 Å². The van der Waals surface area contributed by atoms with Crippen LogP contribution in [0.15, 0.2) is 29.4 Å². The average molecular weight is 466 g/mol. The van der Waals surface area contributed by atoms with Crippen molar-refractivity contribution in [3.8, 4) is 17.5 Å². The van der Waals surface area contributed by atoms with Gasteiger partial charge in [0.05, 0.1) is 10.8 Å². The van der Waals surface area contributed by atoms with Crippen LogP contribution in [0.4, 0.5) is 5.00 Å². The molecule has 32 heavy (non-hydrogen) atoms. The van der Waals surface area contributed by atoms with Gasteiger partial charge in [-0.1, -0.05) is 42.4 Å². The quantitative estimate of drug-likeness (QED) is 0.379. The highest BCUT2D eigenvalue weighted by atomic mass is 32.2. The lowest BCUT2D eigenvalue weighted by Crippen LogP contribution is -2.23. The van der Waals surface area contributed by atoms with Gasteiger partial charge in [0.2, 0.25) is 5.91 Å². The van der Waals surface area contributed by atoms with E-state index in [0.717, 1.165) is 53.4 Å². The van der Waals surface area contributed by atoms with E-state index in [2.05, 4.69) is 41.5 Å². The molecule has 6 nitrogen and oxygen atoms in total. The van der Waals surface area contributed by atoms with Gasteiger partial charge in [-0.3, -0.25) is 4.79 Å². The van der Waals surface area contributed by atoms with Gasteiger partial charge < -0.3 is 9.88 Å². The van der Waals surface area contributed by atoms with Crippen LogP contribution in [0.1, 0.15) is 54.7 Å². The summed E-state index contributed by atoms with van der Waals surface area (Å²) in [6.45, 7) is 6.69. The van der Waals surface area contributed by atoms with E-state index in [-0.39, 0.29) is 11.2 Å². The number of amides is 1. The molecule has 0 saturated heterocycles. The zero-order chi connectivity index (χ0) is 22.7. The SMILES string of the molecule is CCn1c(S[C@H](C)C(=O)Nc2sc3c(c2C#N)CCCCC3)nnc1-c1ccccc1C. The third-order valence-electron chi connectivity index (χ3n) is 5.84. The van der Waals surface area contributed by atoms with Gasteiger partial charge >= 0.3 is 0 Å². The molecule has 0 spiro atoms. The average Bonchev–Trinajstić information content (AvgIpc) is 3.25. The van der Waals surface area contributed by atoms with Crippen LogP contribution in [0, 0.1) is 18.3 Å². The summed E-state index contributed by atoms with van der Waals surface area (Å²) < 4.78 is 2.05. The van der Waals surface area contributed by atoms with Crippen molar-refractivity contribution in [3.63, 3.8) is 0 Å². The summed E-state index contributed by atoms with van der Waals surface area (Å²) in [5, 5.41) is 22.6. The van der Waals surface area contributed by atoms with Crippen molar-refractivity contribution >= 4 is 34.0 Å². The third kappa shape index (κ3) is 4.45. The smallest absolute Gasteiger partial charge is 0.238 e. The molecule has 3 aromatic rings. The highest BCUT2D eigenvalue weighted by Crippen LogP contribution is 2.37. The number of benzene rings is 1. The fourth-order valence-electron chi connectivity index (χ4n) is 4.06. The number of carbonyl (C=O) groups excluding carboxylic acids is 1. The molecule has 0 bridgehead atoms. The second-order valence-corrected chi connectivity index (χ2v) is 10.4.